The van der Waals surface area contributed by atoms with Gasteiger partial charge < -0.3 is 19.4 Å². The van der Waals surface area contributed by atoms with Gasteiger partial charge in [0.15, 0.2) is 0 Å². The molecule has 11 nitrogen and oxygen atoms in total. The van der Waals surface area contributed by atoms with Gasteiger partial charge in [-0.25, -0.2) is 9.97 Å². The first-order valence-electron chi connectivity index (χ1n) is 9.83. The van der Waals surface area contributed by atoms with Gasteiger partial charge in [-0.2, -0.15) is 0 Å². The number of carbonyl (C=O) groups excluding carboxylic acids is 2. The highest BCUT2D eigenvalue weighted by Crippen LogP contribution is 2.36. The van der Waals surface area contributed by atoms with Crippen molar-refractivity contribution in [1.82, 2.24) is 14.9 Å². The van der Waals surface area contributed by atoms with Crippen molar-refractivity contribution in [3.05, 3.63) is 16.4 Å². The van der Waals surface area contributed by atoms with E-state index in [1.165, 1.54) is 13.3 Å². The first kappa shape index (κ1) is 20.7. The number of piperidine rings is 1. The zero-order valence-corrected chi connectivity index (χ0v) is 16.7. The van der Waals surface area contributed by atoms with E-state index < -0.39 is 4.92 Å². The molecule has 2 saturated heterocycles. The average molecular weight is 406 g/mol. The van der Waals surface area contributed by atoms with Crippen LogP contribution in [0.4, 0.5) is 17.3 Å². The van der Waals surface area contributed by atoms with E-state index in [-0.39, 0.29) is 35.1 Å². The van der Waals surface area contributed by atoms with Crippen molar-refractivity contribution in [3.63, 3.8) is 0 Å². The molecule has 1 aromatic heterocycles. The van der Waals surface area contributed by atoms with Gasteiger partial charge in [0.05, 0.1) is 17.4 Å². The summed E-state index contributed by atoms with van der Waals surface area (Å²) in [5.41, 5.74) is -0.127. The molecule has 0 N–H and O–H groups in total. The number of hydrogen-bond acceptors (Lipinski definition) is 9. The Morgan fingerprint density at radius 1 is 1.10 bits per heavy atom. The fraction of sp³-hybridized carbons (Fsp3) is 0.667. The molecular weight excluding hydrogens is 380 g/mol. The summed E-state index contributed by atoms with van der Waals surface area (Å²) in [5.74, 6) is 0.138. The van der Waals surface area contributed by atoms with Crippen LogP contribution in [0.25, 0.3) is 0 Å². The summed E-state index contributed by atoms with van der Waals surface area (Å²) in [5, 5.41) is 11.9. The minimum Gasteiger partial charge on any atom is -0.466 e. The van der Waals surface area contributed by atoms with E-state index in [1.54, 1.807) is 11.8 Å². The lowest BCUT2D eigenvalue weighted by Gasteiger charge is -2.35. The van der Waals surface area contributed by atoms with Crippen LogP contribution in [0.5, 0.6) is 0 Å². The van der Waals surface area contributed by atoms with Crippen molar-refractivity contribution >= 4 is 29.2 Å². The van der Waals surface area contributed by atoms with Crippen LogP contribution in [0.3, 0.4) is 0 Å². The predicted molar refractivity (Wildman–Crippen MR) is 105 cm³/mol. The molecule has 158 valence electrons. The van der Waals surface area contributed by atoms with E-state index in [0.717, 1.165) is 0 Å². The van der Waals surface area contributed by atoms with Crippen molar-refractivity contribution in [2.45, 2.75) is 26.7 Å². The normalized spacial score (nSPS) is 17.9. The number of nitrogens with zero attached hydrogens (tertiary/aromatic N) is 6. The highest BCUT2D eigenvalue weighted by atomic mass is 16.6. The van der Waals surface area contributed by atoms with Crippen LogP contribution in [0.15, 0.2) is 6.33 Å². The SMILES string of the molecule is CCOC(=O)C1CCN(c2ncnc(N3CCN(C(C)=O)CC3)c2[N+](=O)[O-])CC1. The Bertz CT molecular complexity index is 772. The summed E-state index contributed by atoms with van der Waals surface area (Å²) >= 11 is 0. The molecule has 2 fully saturated rings. The lowest BCUT2D eigenvalue weighted by Crippen LogP contribution is -2.48. The first-order valence-corrected chi connectivity index (χ1v) is 9.83. The van der Waals surface area contributed by atoms with Crippen LogP contribution in [0.2, 0.25) is 0 Å². The topological polar surface area (TPSA) is 122 Å². The van der Waals surface area contributed by atoms with Gasteiger partial charge in [0.1, 0.15) is 6.33 Å². The van der Waals surface area contributed by atoms with Gasteiger partial charge in [-0.05, 0) is 19.8 Å². The van der Waals surface area contributed by atoms with Crippen molar-refractivity contribution in [2.24, 2.45) is 5.92 Å². The molecule has 11 heteroatoms. The summed E-state index contributed by atoms with van der Waals surface area (Å²) in [6.07, 6.45) is 2.46. The van der Waals surface area contributed by atoms with Crippen molar-refractivity contribution < 1.29 is 19.2 Å². The molecular formula is C18H26N6O5. The predicted octanol–water partition coefficient (Wildman–Crippen LogP) is 0.833. The maximum absolute atomic E-state index is 11.9. The minimum atomic E-state index is -0.445. The molecule has 2 aliphatic heterocycles. The second-order valence-electron chi connectivity index (χ2n) is 7.13. The summed E-state index contributed by atoms with van der Waals surface area (Å²) < 4.78 is 5.08. The Morgan fingerprint density at radius 2 is 1.66 bits per heavy atom. The van der Waals surface area contributed by atoms with Gasteiger partial charge in [0.25, 0.3) is 0 Å². The zero-order valence-electron chi connectivity index (χ0n) is 16.7. The molecule has 0 radical (unpaired) electrons. The largest absolute Gasteiger partial charge is 0.466 e. The van der Waals surface area contributed by atoms with Gasteiger partial charge in [-0.3, -0.25) is 19.7 Å². The van der Waals surface area contributed by atoms with Crippen molar-refractivity contribution in [3.8, 4) is 0 Å². The van der Waals surface area contributed by atoms with Gasteiger partial charge in [0, 0.05) is 46.2 Å². The van der Waals surface area contributed by atoms with Crippen LogP contribution in [-0.4, -0.2) is 77.5 Å². The number of piperazine rings is 1. The number of hydrogen-bond donors (Lipinski definition) is 0. The number of aromatic nitrogens is 2. The van der Waals surface area contributed by atoms with E-state index in [2.05, 4.69) is 9.97 Å². The Labute approximate surface area is 168 Å². The number of ether oxygens (including phenoxy) is 1. The third-order valence-electron chi connectivity index (χ3n) is 5.41. The van der Waals surface area contributed by atoms with Gasteiger partial charge in [0.2, 0.25) is 17.5 Å². The third-order valence-corrected chi connectivity index (χ3v) is 5.41. The monoisotopic (exact) mass is 406 g/mol. The van der Waals surface area contributed by atoms with E-state index in [4.69, 9.17) is 4.74 Å². The number of anilines is 2. The van der Waals surface area contributed by atoms with E-state index in [9.17, 15) is 19.7 Å². The number of rotatable bonds is 5. The Kier molecular flexibility index (Phi) is 6.45. The van der Waals surface area contributed by atoms with Gasteiger partial charge in [-0.1, -0.05) is 0 Å². The average Bonchev–Trinajstić information content (AvgIpc) is 2.73. The van der Waals surface area contributed by atoms with Crippen LogP contribution in [-0.2, 0) is 14.3 Å². The maximum Gasteiger partial charge on any atom is 0.353 e. The fourth-order valence-corrected chi connectivity index (χ4v) is 3.81. The van der Waals surface area contributed by atoms with Crippen molar-refractivity contribution in [1.29, 1.82) is 0 Å². The van der Waals surface area contributed by atoms with Crippen LogP contribution < -0.4 is 9.80 Å². The van der Waals surface area contributed by atoms with E-state index in [1.807, 2.05) is 9.80 Å². The highest BCUT2D eigenvalue weighted by Gasteiger charge is 2.34. The molecule has 0 bridgehead atoms. The Balaban J connectivity index is 1.77. The standard InChI is InChI=1S/C18H26N6O5/c1-3-29-18(26)14-4-6-22(7-5-14)16-15(24(27)28)17(20-12-19-16)23-10-8-21(9-11-23)13(2)25/h12,14H,3-11H2,1-2H3. The quantitative estimate of drug-likeness (QED) is 0.397. The molecule has 2 aliphatic rings. The number of nitro groups is 1. The molecule has 3 heterocycles. The summed E-state index contributed by atoms with van der Waals surface area (Å²) in [4.78, 5) is 48.7. The molecule has 3 rings (SSSR count). The fourth-order valence-electron chi connectivity index (χ4n) is 3.81. The molecule has 0 unspecified atom stereocenters. The lowest BCUT2D eigenvalue weighted by atomic mass is 9.97. The number of amides is 1. The number of carbonyl (C=O) groups is 2. The molecule has 0 saturated carbocycles. The van der Waals surface area contributed by atoms with E-state index in [0.29, 0.717) is 58.7 Å². The summed E-state index contributed by atoms with van der Waals surface area (Å²) in [6, 6.07) is 0. The molecule has 29 heavy (non-hydrogen) atoms. The smallest absolute Gasteiger partial charge is 0.353 e. The highest BCUT2D eigenvalue weighted by molar-refractivity contribution is 5.75. The molecule has 0 atom stereocenters. The van der Waals surface area contributed by atoms with E-state index >= 15 is 0 Å². The third kappa shape index (κ3) is 4.54. The molecule has 0 spiro atoms. The maximum atomic E-state index is 11.9. The molecule has 0 aliphatic carbocycles. The summed E-state index contributed by atoms with van der Waals surface area (Å²) in [6.45, 7) is 6.54. The summed E-state index contributed by atoms with van der Waals surface area (Å²) in [7, 11) is 0. The Morgan fingerprint density at radius 3 is 2.14 bits per heavy atom. The number of esters is 1. The van der Waals surface area contributed by atoms with Gasteiger partial charge >= 0.3 is 11.7 Å². The Hall–Kier alpha value is -2.98. The van der Waals surface area contributed by atoms with Crippen molar-refractivity contribution in [2.75, 3.05) is 55.7 Å². The second kappa shape index (κ2) is 9.01. The molecule has 0 aromatic carbocycles. The first-order chi connectivity index (χ1) is 13.9. The molecule has 1 amide bonds. The van der Waals surface area contributed by atoms with Crippen LogP contribution >= 0.6 is 0 Å². The second-order valence-corrected chi connectivity index (χ2v) is 7.13. The van der Waals surface area contributed by atoms with Crippen LogP contribution in [0.1, 0.15) is 26.7 Å². The minimum absolute atomic E-state index is 0.00741. The zero-order chi connectivity index (χ0) is 21.0. The van der Waals surface area contributed by atoms with Crippen LogP contribution in [0, 0.1) is 16.0 Å². The van der Waals surface area contributed by atoms with Gasteiger partial charge in [-0.15, -0.1) is 0 Å². The molecule has 1 aromatic rings. The lowest BCUT2D eigenvalue weighted by molar-refractivity contribution is -0.383.